The van der Waals surface area contributed by atoms with Crippen LogP contribution in [0.4, 0.5) is 0 Å². The maximum absolute atomic E-state index is 12.6. The first-order valence-corrected chi connectivity index (χ1v) is 22.1. The average Bonchev–Trinajstić information content (AvgIpc) is 3.09. The van der Waals surface area contributed by atoms with Gasteiger partial charge < -0.3 is 19.3 Å². The van der Waals surface area contributed by atoms with E-state index in [9.17, 15) is 19.0 Å². The average molecular weight is 744 g/mol. The molecule has 0 aliphatic rings. The van der Waals surface area contributed by atoms with E-state index in [-0.39, 0.29) is 32.0 Å². The van der Waals surface area contributed by atoms with Gasteiger partial charge in [-0.15, -0.1) is 0 Å². The van der Waals surface area contributed by atoms with Crippen LogP contribution in [0.5, 0.6) is 0 Å². The molecule has 0 aliphatic heterocycles. The number of unbranched alkanes of at least 4 members (excludes halogenated alkanes) is 20. The summed E-state index contributed by atoms with van der Waals surface area (Å²) in [4.78, 5) is 36.9. The molecule has 2 atom stereocenters. The molecule has 0 saturated carbocycles. The lowest BCUT2D eigenvalue weighted by Gasteiger charge is -2.20. The molecule has 0 spiro atoms. The summed E-state index contributed by atoms with van der Waals surface area (Å²) in [5.74, 6) is -0.821. The third-order valence-electron chi connectivity index (χ3n) is 8.73. The van der Waals surface area contributed by atoms with Crippen LogP contribution in [0.2, 0.25) is 0 Å². The van der Waals surface area contributed by atoms with Gasteiger partial charge in [-0.1, -0.05) is 128 Å². The highest BCUT2D eigenvalue weighted by molar-refractivity contribution is 7.47. The minimum Gasteiger partial charge on any atom is -0.462 e. The smallest absolute Gasteiger partial charge is 0.462 e. The number of likely N-dealkylation sites (N-methyl/N-ethyl adjacent to an activating group) is 1. The van der Waals surface area contributed by atoms with E-state index < -0.39 is 26.5 Å². The minimum absolute atomic E-state index is 0.00548. The predicted octanol–water partition coefficient (Wildman–Crippen LogP) is 11.4. The molecular weight excluding hydrogens is 665 g/mol. The van der Waals surface area contributed by atoms with Crippen LogP contribution in [-0.2, 0) is 32.7 Å². The van der Waals surface area contributed by atoms with Crippen molar-refractivity contribution in [3.05, 3.63) is 24.3 Å². The number of ether oxygens (including phenoxy) is 2. The van der Waals surface area contributed by atoms with E-state index in [0.717, 1.165) is 70.6 Å². The Kier molecular flexibility index (Phi) is 35.7. The molecule has 1 N–H and O–H groups in total. The number of carbonyl (C=O) groups excluding carboxylic acids is 2. The van der Waals surface area contributed by atoms with Gasteiger partial charge in [0, 0.05) is 19.4 Å². The van der Waals surface area contributed by atoms with Crippen molar-refractivity contribution in [3.63, 3.8) is 0 Å². The van der Waals surface area contributed by atoms with Crippen LogP contribution in [0.15, 0.2) is 24.3 Å². The molecular formula is C41H78NO8P. The summed E-state index contributed by atoms with van der Waals surface area (Å²) in [6.07, 6.45) is 36.4. The molecule has 9 nitrogen and oxygen atoms in total. The molecule has 51 heavy (non-hydrogen) atoms. The lowest BCUT2D eigenvalue weighted by atomic mass is 10.1. The van der Waals surface area contributed by atoms with Crippen molar-refractivity contribution in [2.24, 2.45) is 0 Å². The second-order valence-corrected chi connectivity index (χ2v) is 15.6. The van der Waals surface area contributed by atoms with Gasteiger partial charge >= 0.3 is 19.8 Å². The number of carbonyl (C=O) groups is 2. The number of esters is 2. The predicted molar refractivity (Wildman–Crippen MR) is 211 cm³/mol. The summed E-state index contributed by atoms with van der Waals surface area (Å²) in [7, 11) is -0.715. The van der Waals surface area contributed by atoms with E-state index in [1.54, 1.807) is 0 Å². The molecule has 0 saturated heterocycles. The molecule has 0 aliphatic carbocycles. The molecule has 0 aromatic rings. The van der Waals surface area contributed by atoms with E-state index in [4.69, 9.17) is 18.5 Å². The third-order valence-corrected chi connectivity index (χ3v) is 9.71. The lowest BCUT2D eigenvalue weighted by molar-refractivity contribution is -0.161. The van der Waals surface area contributed by atoms with Gasteiger partial charge in [0.25, 0.3) is 0 Å². The van der Waals surface area contributed by atoms with Gasteiger partial charge in [-0.25, -0.2) is 4.57 Å². The van der Waals surface area contributed by atoms with Gasteiger partial charge in [0.1, 0.15) is 6.61 Å². The van der Waals surface area contributed by atoms with Gasteiger partial charge in [-0.05, 0) is 78.3 Å². The first kappa shape index (κ1) is 49.5. The summed E-state index contributed by atoms with van der Waals surface area (Å²) in [6.45, 7) is 4.28. The van der Waals surface area contributed by atoms with Crippen LogP contribution in [0.25, 0.3) is 0 Å². The Morgan fingerprint density at radius 1 is 0.588 bits per heavy atom. The summed E-state index contributed by atoms with van der Waals surface area (Å²) in [5, 5.41) is 0. The highest BCUT2D eigenvalue weighted by Gasteiger charge is 2.26. The highest BCUT2D eigenvalue weighted by atomic mass is 31.2. The fraction of sp³-hybridized carbons (Fsp3) is 0.854. The molecule has 10 heteroatoms. The molecule has 0 rings (SSSR count). The third kappa shape index (κ3) is 38.0. The molecule has 0 fully saturated rings. The number of phosphoric acid groups is 1. The van der Waals surface area contributed by atoms with Crippen molar-refractivity contribution in [1.29, 1.82) is 0 Å². The van der Waals surface area contributed by atoms with E-state index in [1.165, 1.54) is 77.0 Å². The Balaban J connectivity index is 4.35. The van der Waals surface area contributed by atoms with Gasteiger partial charge in [0.15, 0.2) is 6.10 Å². The number of hydrogen-bond donors (Lipinski definition) is 1. The second-order valence-electron chi connectivity index (χ2n) is 14.2. The maximum Gasteiger partial charge on any atom is 0.472 e. The lowest BCUT2D eigenvalue weighted by Crippen LogP contribution is -2.29. The Bertz CT molecular complexity index is 910. The molecule has 0 aromatic heterocycles. The van der Waals surface area contributed by atoms with Crippen molar-refractivity contribution in [2.45, 2.75) is 187 Å². The molecule has 0 amide bonds. The SMILES string of the molecule is CCCCCC/C=C\CCCCCCCC(=O)OC[C@H](COP(=O)(O)OCCN(C)C)OC(=O)CCCCCCC/C=C\CCCCCCCC. The van der Waals surface area contributed by atoms with Gasteiger partial charge in [0.2, 0.25) is 0 Å². The first-order valence-electron chi connectivity index (χ1n) is 20.6. The molecule has 1 unspecified atom stereocenters. The summed E-state index contributed by atoms with van der Waals surface area (Å²) in [6, 6.07) is 0. The van der Waals surface area contributed by atoms with Crippen LogP contribution >= 0.6 is 7.82 Å². The number of allylic oxidation sites excluding steroid dienone is 4. The quantitative estimate of drug-likeness (QED) is 0.0286. The summed E-state index contributed by atoms with van der Waals surface area (Å²) in [5.41, 5.74) is 0. The molecule has 0 heterocycles. The van der Waals surface area contributed by atoms with E-state index in [2.05, 4.69) is 38.2 Å². The van der Waals surface area contributed by atoms with Crippen molar-refractivity contribution in [2.75, 3.05) is 40.5 Å². The van der Waals surface area contributed by atoms with Crippen molar-refractivity contribution in [1.82, 2.24) is 4.90 Å². The number of hydrogen-bond acceptors (Lipinski definition) is 8. The standard InChI is InChI=1S/C41H78NO8P/c1-5-7-9-11-13-15-17-19-20-22-24-26-28-30-32-34-41(44)50-39(38-49-51(45,46)48-36-35-42(3)4)37-47-40(43)33-31-29-27-25-23-21-18-16-14-12-10-8-6-2/h16,18-20,39H,5-15,17,21-38H2,1-4H3,(H,45,46)/b18-16-,20-19-/t39-/m1/s1. The zero-order valence-corrected chi connectivity index (χ0v) is 34.2. The highest BCUT2D eigenvalue weighted by Crippen LogP contribution is 2.43. The van der Waals surface area contributed by atoms with Gasteiger partial charge in [0.05, 0.1) is 13.2 Å². The minimum atomic E-state index is -4.36. The Labute approximate surface area is 313 Å². The number of phosphoric ester groups is 1. The number of rotatable bonds is 38. The Morgan fingerprint density at radius 2 is 1.00 bits per heavy atom. The van der Waals surface area contributed by atoms with Gasteiger partial charge in [-0.3, -0.25) is 18.6 Å². The number of nitrogens with zero attached hydrogens (tertiary/aromatic N) is 1. The fourth-order valence-corrected chi connectivity index (χ4v) is 6.24. The van der Waals surface area contributed by atoms with Crippen LogP contribution in [0.1, 0.15) is 181 Å². The van der Waals surface area contributed by atoms with E-state index in [0.29, 0.717) is 13.0 Å². The zero-order chi connectivity index (χ0) is 37.7. The van der Waals surface area contributed by atoms with Crippen LogP contribution < -0.4 is 0 Å². The normalized spacial score (nSPS) is 13.7. The summed E-state index contributed by atoms with van der Waals surface area (Å²) < 4.78 is 33.4. The molecule has 0 aromatic carbocycles. The van der Waals surface area contributed by atoms with E-state index in [1.807, 2.05) is 19.0 Å². The first-order chi connectivity index (χ1) is 24.7. The maximum atomic E-state index is 12.6. The van der Waals surface area contributed by atoms with Crippen molar-refractivity contribution in [3.8, 4) is 0 Å². The molecule has 0 bridgehead atoms. The monoisotopic (exact) mass is 744 g/mol. The molecule has 0 radical (unpaired) electrons. The fourth-order valence-electron chi connectivity index (χ4n) is 5.50. The van der Waals surface area contributed by atoms with E-state index >= 15 is 0 Å². The Hall–Kier alpha value is -1.51. The largest absolute Gasteiger partial charge is 0.472 e. The zero-order valence-electron chi connectivity index (χ0n) is 33.3. The van der Waals surface area contributed by atoms with Crippen LogP contribution in [0, 0.1) is 0 Å². The van der Waals surface area contributed by atoms with Crippen LogP contribution in [0.3, 0.4) is 0 Å². The Morgan fingerprint density at radius 3 is 1.47 bits per heavy atom. The summed E-state index contributed by atoms with van der Waals surface area (Å²) >= 11 is 0. The second kappa shape index (κ2) is 36.8. The van der Waals surface area contributed by atoms with Crippen LogP contribution in [-0.4, -0.2) is 68.3 Å². The topological polar surface area (TPSA) is 112 Å². The van der Waals surface area contributed by atoms with Gasteiger partial charge in [-0.2, -0.15) is 0 Å². The molecule has 300 valence electrons. The van der Waals surface area contributed by atoms with Crippen molar-refractivity contribution >= 4 is 19.8 Å². The van der Waals surface area contributed by atoms with Crippen molar-refractivity contribution < 1.29 is 37.6 Å².